The first-order valence-electron chi connectivity index (χ1n) is 10.0. The highest BCUT2D eigenvalue weighted by Gasteiger charge is 2.24. The van der Waals surface area contributed by atoms with Crippen LogP contribution in [0.4, 0.5) is 14.9 Å². The molecule has 0 saturated heterocycles. The van der Waals surface area contributed by atoms with Gasteiger partial charge in [-0.3, -0.25) is 0 Å². The van der Waals surface area contributed by atoms with E-state index >= 15 is 0 Å². The van der Waals surface area contributed by atoms with Crippen molar-refractivity contribution in [3.8, 4) is 23.0 Å². The molecule has 0 bridgehead atoms. The van der Waals surface area contributed by atoms with Crippen molar-refractivity contribution in [3.05, 3.63) is 90.1 Å². The summed E-state index contributed by atoms with van der Waals surface area (Å²) in [6.45, 7) is 0. The number of aromatic nitrogens is 2. The van der Waals surface area contributed by atoms with Crippen LogP contribution in [0.3, 0.4) is 0 Å². The van der Waals surface area contributed by atoms with E-state index in [1.807, 2.05) is 30.3 Å². The third-order valence-electron chi connectivity index (χ3n) is 4.83. The van der Waals surface area contributed by atoms with Crippen LogP contribution in [-0.2, 0) is 0 Å². The zero-order chi connectivity index (χ0) is 23.2. The molecule has 2 amide bonds. The summed E-state index contributed by atoms with van der Waals surface area (Å²) >= 11 is 0. The van der Waals surface area contributed by atoms with Crippen molar-refractivity contribution in [2.24, 2.45) is 0 Å². The van der Waals surface area contributed by atoms with Crippen LogP contribution in [0.5, 0.6) is 11.5 Å². The molecule has 1 atom stereocenters. The lowest BCUT2D eigenvalue weighted by Crippen LogP contribution is -2.33. The second kappa shape index (κ2) is 9.82. The van der Waals surface area contributed by atoms with Crippen LogP contribution in [0, 0.1) is 5.82 Å². The van der Waals surface area contributed by atoms with Gasteiger partial charge >= 0.3 is 6.03 Å². The molecule has 168 valence electrons. The molecule has 0 fully saturated rings. The quantitative estimate of drug-likeness (QED) is 0.421. The van der Waals surface area contributed by atoms with Crippen LogP contribution in [0.25, 0.3) is 11.5 Å². The minimum absolute atomic E-state index is 0.155. The van der Waals surface area contributed by atoms with Crippen molar-refractivity contribution in [2.75, 3.05) is 19.5 Å². The molecular weight excluding hydrogens is 427 g/mol. The van der Waals surface area contributed by atoms with E-state index in [0.29, 0.717) is 28.6 Å². The van der Waals surface area contributed by atoms with Gasteiger partial charge in [-0.25, -0.2) is 9.18 Å². The Labute approximate surface area is 189 Å². The molecule has 3 aromatic carbocycles. The van der Waals surface area contributed by atoms with Gasteiger partial charge in [0.2, 0.25) is 11.8 Å². The highest BCUT2D eigenvalue weighted by atomic mass is 19.1. The summed E-state index contributed by atoms with van der Waals surface area (Å²) in [5.41, 5.74) is 1.80. The Balaban J connectivity index is 1.59. The van der Waals surface area contributed by atoms with Crippen molar-refractivity contribution in [2.45, 2.75) is 6.04 Å². The topological polar surface area (TPSA) is 98.5 Å². The van der Waals surface area contributed by atoms with Crippen LogP contribution in [0.2, 0.25) is 0 Å². The molecule has 0 aliphatic rings. The minimum Gasteiger partial charge on any atom is -0.493 e. The maximum absolute atomic E-state index is 13.5. The zero-order valence-corrected chi connectivity index (χ0v) is 17.9. The second-order valence-corrected chi connectivity index (χ2v) is 6.96. The summed E-state index contributed by atoms with van der Waals surface area (Å²) in [4.78, 5) is 12.8. The highest BCUT2D eigenvalue weighted by Crippen LogP contribution is 2.30. The van der Waals surface area contributed by atoms with Gasteiger partial charge in [-0.15, -0.1) is 10.2 Å². The van der Waals surface area contributed by atoms with E-state index in [1.165, 1.54) is 26.4 Å². The van der Waals surface area contributed by atoms with E-state index in [2.05, 4.69) is 20.8 Å². The summed E-state index contributed by atoms with van der Waals surface area (Å²) in [7, 11) is 3.03. The second-order valence-electron chi connectivity index (χ2n) is 6.96. The molecule has 2 N–H and O–H groups in total. The normalized spacial score (nSPS) is 11.5. The number of nitrogens with one attached hydrogen (secondary N) is 2. The van der Waals surface area contributed by atoms with E-state index in [0.717, 1.165) is 5.56 Å². The van der Waals surface area contributed by atoms with E-state index in [4.69, 9.17) is 13.9 Å². The van der Waals surface area contributed by atoms with Gasteiger partial charge < -0.3 is 24.5 Å². The number of urea groups is 1. The van der Waals surface area contributed by atoms with Crippen molar-refractivity contribution in [3.63, 3.8) is 0 Å². The Morgan fingerprint density at radius 1 is 0.939 bits per heavy atom. The Hall–Kier alpha value is -4.40. The zero-order valence-electron chi connectivity index (χ0n) is 17.9. The summed E-state index contributed by atoms with van der Waals surface area (Å²) in [6, 6.07) is 18.6. The van der Waals surface area contributed by atoms with Crippen molar-refractivity contribution < 1.29 is 23.1 Å². The molecule has 33 heavy (non-hydrogen) atoms. The Kier molecular flexibility index (Phi) is 6.49. The smallest absolute Gasteiger partial charge is 0.320 e. The van der Waals surface area contributed by atoms with Crippen LogP contribution >= 0.6 is 0 Å². The molecule has 8 nitrogen and oxygen atoms in total. The Morgan fingerprint density at radius 3 is 2.36 bits per heavy atom. The van der Waals surface area contributed by atoms with Gasteiger partial charge in [0.15, 0.2) is 11.5 Å². The summed E-state index contributed by atoms with van der Waals surface area (Å²) in [5.74, 6) is 1.06. The fourth-order valence-corrected chi connectivity index (χ4v) is 3.20. The Morgan fingerprint density at radius 2 is 1.67 bits per heavy atom. The average Bonchev–Trinajstić information content (AvgIpc) is 3.34. The number of benzene rings is 3. The molecule has 9 heteroatoms. The number of hydrogen-bond donors (Lipinski definition) is 2. The lowest BCUT2D eigenvalue weighted by molar-refractivity contribution is 0.248. The van der Waals surface area contributed by atoms with Crippen LogP contribution in [0.1, 0.15) is 17.5 Å². The van der Waals surface area contributed by atoms with Crippen LogP contribution < -0.4 is 20.1 Å². The first kappa shape index (κ1) is 21.8. The van der Waals surface area contributed by atoms with Gasteiger partial charge in [-0.2, -0.15) is 0 Å². The molecule has 1 aromatic heterocycles. The number of amides is 2. The third kappa shape index (κ3) is 5.09. The van der Waals surface area contributed by atoms with E-state index in [-0.39, 0.29) is 5.89 Å². The number of rotatable bonds is 7. The van der Waals surface area contributed by atoms with Gasteiger partial charge in [0, 0.05) is 17.3 Å². The standard InChI is InChI=1S/C24H21FN4O4/c1-31-19-13-12-18(14-20(19)32-2)26-24(30)27-21(15-8-10-17(25)11-9-15)23-29-28-22(33-23)16-6-4-3-5-7-16/h3-14,21H,1-2H3,(H2,26,27,30)/t21-/m1/s1. The van der Waals surface area contributed by atoms with Crippen molar-refractivity contribution >= 4 is 11.7 Å². The monoisotopic (exact) mass is 448 g/mol. The van der Waals surface area contributed by atoms with Gasteiger partial charge in [-0.05, 0) is 42.0 Å². The molecule has 1 heterocycles. The molecule has 0 unspecified atom stereocenters. The predicted molar refractivity (Wildman–Crippen MR) is 120 cm³/mol. The molecule has 0 radical (unpaired) electrons. The number of carbonyl (C=O) groups excluding carboxylic acids is 1. The fraction of sp³-hybridized carbons (Fsp3) is 0.125. The molecule has 0 aliphatic carbocycles. The van der Waals surface area contributed by atoms with Crippen molar-refractivity contribution in [1.29, 1.82) is 0 Å². The number of nitrogens with zero attached hydrogens (tertiary/aromatic N) is 2. The average molecular weight is 448 g/mol. The summed E-state index contributed by atoms with van der Waals surface area (Å²) in [5, 5.41) is 13.7. The first-order valence-corrected chi connectivity index (χ1v) is 10.0. The van der Waals surface area contributed by atoms with E-state index in [9.17, 15) is 9.18 Å². The maximum atomic E-state index is 13.5. The number of halogens is 1. The number of methoxy groups -OCH3 is 2. The van der Waals surface area contributed by atoms with Crippen LogP contribution in [-0.4, -0.2) is 30.4 Å². The largest absolute Gasteiger partial charge is 0.493 e. The fourth-order valence-electron chi connectivity index (χ4n) is 3.20. The first-order chi connectivity index (χ1) is 16.1. The molecular formula is C24H21FN4O4. The SMILES string of the molecule is COc1ccc(NC(=O)N[C@H](c2ccc(F)cc2)c2nnc(-c3ccccc3)o2)cc1OC. The van der Waals surface area contributed by atoms with E-state index < -0.39 is 17.9 Å². The molecule has 4 rings (SSSR count). The number of hydrogen-bond acceptors (Lipinski definition) is 6. The van der Waals surface area contributed by atoms with Gasteiger partial charge in [-0.1, -0.05) is 30.3 Å². The maximum Gasteiger partial charge on any atom is 0.320 e. The summed E-state index contributed by atoms with van der Waals surface area (Å²) in [6.07, 6.45) is 0. The molecule has 0 saturated carbocycles. The molecule has 0 aliphatic heterocycles. The number of anilines is 1. The lowest BCUT2D eigenvalue weighted by Gasteiger charge is -2.17. The Bertz CT molecular complexity index is 1230. The molecule has 4 aromatic rings. The number of ether oxygens (including phenoxy) is 2. The van der Waals surface area contributed by atoms with Gasteiger partial charge in [0.1, 0.15) is 11.9 Å². The number of carbonyl (C=O) groups is 1. The predicted octanol–water partition coefficient (Wildman–Crippen LogP) is 4.80. The van der Waals surface area contributed by atoms with E-state index in [1.54, 1.807) is 30.3 Å². The lowest BCUT2D eigenvalue weighted by atomic mass is 10.1. The van der Waals surface area contributed by atoms with Crippen molar-refractivity contribution in [1.82, 2.24) is 15.5 Å². The minimum atomic E-state index is -0.810. The van der Waals surface area contributed by atoms with Gasteiger partial charge in [0.05, 0.1) is 14.2 Å². The third-order valence-corrected chi connectivity index (χ3v) is 4.83. The van der Waals surface area contributed by atoms with Crippen LogP contribution in [0.15, 0.2) is 77.2 Å². The highest BCUT2D eigenvalue weighted by molar-refractivity contribution is 5.90. The van der Waals surface area contributed by atoms with Gasteiger partial charge in [0.25, 0.3) is 0 Å². The molecule has 0 spiro atoms. The summed E-state index contributed by atoms with van der Waals surface area (Å²) < 4.78 is 29.8.